The molecule has 1 unspecified atom stereocenters. The highest BCUT2D eigenvalue weighted by molar-refractivity contribution is 6.31. The molecule has 5 nitrogen and oxygen atoms in total. The van der Waals surface area contributed by atoms with Gasteiger partial charge in [-0.2, -0.15) is 5.10 Å². The highest BCUT2D eigenvalue weighted by Crippen LogP contribution is 2.21. The first-order chi connectivity index (χ1) is 9.52. The maximum absolute atomic E-state index is 12.1. The molecule has 1 amide bonds. The Morgan fingerprint density at radius 3 is 2.95 bits per heavy atom. The molecule has 1 atom stereocenters. The summed E-state index contributed by atoms with van der Waals surface area (Å²) in [6, 6.07) is 0. The fourth-order valence-corrected chi connectivity index (χ4v) is 2.82. The third-order valence-electron chi connectivity index (χ3n) is 3.68. The number of halogens is 1. The smallest absolute Gasteiger partial charge is 0.246 e. The molecule has 1 aliphatic heterocycles. The lowest BCUT2D eigenvalue weighted by Gasteiger charge is -2.14. The lowest BCUT2D eigenvalue weighted by atomic mass is 10.1. The van der Waals surface area contributed by atoms with E-state index in [1.54, 1.807) is 23.9 Å². The Morgan fingerprint density at radius 2 is 2.35 bits per heavy atom. The van der Waals surface area contributed by atoms with Crippen molar-refractivity contribution in [3.8, 4) is 0 Å². The van der Waals surface area contributed by atoms with Crippen molar-refractivity contribution < 1.29 is 4.79 Å². The minimum absolute atomic E-state index is 0.0444. The Balaban J connectivity index is 1.99. The van der Waals surface area contributed by atoms with E-state index in [2.05, 4.69) is 10.4 Å². The minimum atomic E-state index is 0.0444. The number of carbonyl (C=O) groups is 1. The number of hydrogen-bond donors (Lipinski definition) is 1. The average Bonchev–Trinajstić information content (AvgIpc) is 2.95. The first-order valence-corrected chi connectivity index (χ1v) is 7.21. The van der Waals surface area contributed by atoms with Crippen molar-refractivity contribution >= 4 is 23.6 Å². The number of hydrogen-bond acceptors (Lipinski definition) is 3. The largest absolute Gasteiger partial charge is 0.339 e. The van der Waals surface area contributed by atoms with E-state index >= 15 is 0 Å². The fraction of sp³-hybridized carbons (Fsp3) is 0.571. The Morgan fingerprint density at radius 1 is 1.60 bits per heavy atom. The van der Waals surface area contributed by atoms with Crippen LogP contribution in [0.5, 0.6) is 0 Å². The van der Waals surface area contributed by atoms with Gasteiger partial charge in [0.1, 0.15) is 5.15 Å². The minimum Gasteiger partial charge on any atom is -0.339 e. The lowest BCUT2D eigenvalue weighted by Crippen LogP contribution is -2.28. The van der Waals surface area contributed by atoms with Crippen LogP contribution in [0.2, 0.25) is 5.15 Å². The maximum atomic E-state index is 12.1. The molecular formula is C14H21ClN4O. The number of aromatic nitrogens is 2. The van der Waals surface area contributed by atoms with E-state index in [1.807, 2.05) is 18.9 Å². The number of nitrogens with one attached hydrogen (secondary N) is 1. The Labute approximate surface area is 124 Å². The van der Waals surface area contributed by atoms with Crippen LogP contribution >= 0.6 is 11.6 Å². The number of likely N-dealkylation sites (tertiary alicyclic amines) is 1. The zero-order chi connectivity index (χ0) is 14.7. The van der Waals surface area contributed by atoms with Gasteiger partial charge in [-0.15, -0.1) is 0 Å². The summed E-state index contributed by atoms with van der Waals surface area (Å²) in [5, 5.41) is 7.94. The van der Waals surface area contributed by atoms with Gasteiger partial charge in [0.2, 0.25) is 5.91 Å². The molecule has 0 aromatic carbocycles. The second-order valence-corrected chi connectivity index (χ2v) is 5.60. The molecule has 1 saturated heterocycles. The summed E-state index contributed by atoms with van der Waals surface area (Å²) in [5.74, 6) is 0.601. The predicted molar refractivity (Wildman–Crippen MR) is 80.6 cm³/mol. The van der Waals surface area contributed by atoms with Crippen molar-refractivity contribution in [1.82, 2.24) is 20.0 Å². The fourth-order valence-electron chi connectivity index (χ4n) is 2.58. The lowest BCUT2D eigenvalue weighted by molar-refractivity contribution is -0.125. The molecular weight excluding hydrogens is 276 g/mol. The van der Waals surface area contributed by atoms with Crippen molar-refractivity contribution in [2.45, 2.75) is 13.3 Å². The summed E-state index contributed by atoms with van der Waals surface area (Å²) in [6.07, 6.45) is 4.42. The summed E-state index contributed by atoms with van der Waals surface area (Å²) < 4.78 is 1.61. The third kappa shape index (κ3) is 3.22. The molecule has 1 aromatic heterocycles. The standard InChI is InChI=1S/C14H21ClN4O/c1-10-12(14(15)18(3)17-10)4-5-13(20)19-7-6-11(9-19)8-16-2/h4-5,11,16H,6-9H2,1-3H3. The second kappa shape index (κ2) is 6.41. The Hall–Kier alpha value is -1.33. The van der Waals surface area contributed by atoms with E-state index in [-0.39, 0.29) is 5.91 Å². The third-order valence-corrected chi connectivity index (χ3v) is 4.13. The molecule has 2 heterocycles. The van der Waals surface area contributed by atoms with E-state index in [0.717, 1.165) is 37.3 Å². The number of carbonyl (C=O) groups excluding carboxylic acids is 1. The van der Waals surface area contributed by atoms with E-state index < -0.39 is 0 Å². The molecule has 110 valence electrons. The van der Waals surface area contributed by atoms with Crippen LogP contribution in [-0.4, -0.2) is 47.3 Å². The van der Waals surface area contributed by atoms with Crippen LogP contribution in [0.4, 0.5) is 0 Å². The molecule has 0 radical (unpaired) electrons. The summed E-state index contributed by atoms with van der Waals surface area (Å²) in [6.45, 7) is 4.49. The quantitative estimate of drug-likeness (QED) is 0.856. The van der Waals surface area contributed by atoms with Crippen molar-refractivity contribution in [3.05, 3.63) is 22.5 Å². The number of rotatable bonds is 4. The van der Waals surface area contributed by atoms with Crippen LogP contribution in [0.3, 0.4) is 0 Å². The molecule has 1 fully saturated rings. The number of amides is 1. The molecule has 0 spiro atoms. The van der Waals surface area contributed by atoms with Gasteiger partial charge in [0.05, 0.1) is 5.69 Å². The zero-order valence-electron chi connectivity index (χ0n) is 12.2. The molecule has 1 aromatic rings. The first-order valence-electron chi connectivity index (χ1n) is 6.83. The van der Waals surface area contributed by atoms with Crippen LogP contribution in [0.25, 0.3) is 6.08 Å². The van der Waals surface area contributed by atoms with E-state index in [0.29, 0.717) is 11.1 Å². The normalized spacial score (nSPS) is 19.2. The van der Waals surface area contributed by atoms with Gasteiger partial charge in [-0.3, -0.25) is 9.48 Å². The molecule has 20 heavy (non-hydrogen) atoms. The molecule has 1 aliphatic rings. The van der Waals surface area contributed by atoms with Gasteiger partial charge in [-0.05, 0) is 38.9 Å². The summed E-state index contributed by atoms with van der Waals surface area (Å²) in [4.78, 5) is 14.0. The van der Waals surface area contributed by atoms with Gasteiger partial charge >= 0.3 is 0 Å². The monoisotopic (exact) mass is 296 g/mol. The van der Waals surface area contributed by atoms with E-state index in [9.17, 15) is 4.79 Å². The SMILES string of the molecule is CNCC1CCN(C(=O)C=Cc2c(C)nn(C)c2Cl)C1. The molecule has 0 saturated carbocycles. The van der Waals surface area contributed by atoms with Crippen molar-refractivity contribution in [1.29, 1.82) is 0 Å². The van der Waals surface area contributed by atoms with Gasteiger partial charge in [0.15, 0.2) is 0 Å². The van der Waals surface area contributed by atoms with Crippen LogP contribution in [0.15, 0.2) is 6.08 Å². The second-order valence-electron chi connectivity index (χ2n) is 5.24. The molecule has 0 bridgehead atoms. The van der Waals surface area contributed by atoms with E-state index in [4.69, 9.17) is 11.6 Å². The topological polar surface area (TPSA) is 50.2 Å². The summed E-state index contributed by atoms with van der Waals surface area (Å²) in [7, 11) is 3.73. The van der Waals surface area contributed by atoms with Gasteiger partial charge in [-0.1, -0.05) is 11.6 Å². The average molecular weight is 297 g/mol. The Kier molecular flexibility index (Phi) is 4.83. The van der Waals surface area contributed by atoms with Gasteiger partial charge in [-0.25, -0.2) is 0 Å². The van der Waals surface area contributed by atoms with Crippen LogP contribution < -0.4 is 5.32 Å². The van der Waals surface area contributed by atoms with Crippen molar-refractivity contribution in [3.63, 3.8) is 0 Å². The van der Waals surface area contributed by atoms with Gasteiger partial charge in [0, 0.05) is 31.8 Å². The summed E-state index contributed by atoms with van der Waals surface area (Å²) in [5.41, 5.74) is 1.64. The molecule has 0 aliphatic carbocycles. The van der Waals surface area contributed by atoms with Crippen molar-refractivity contribution in [2.24, 2.45) is 13.0 Å². The number of nitrogens with zero attached hydrogens (tertiary/aromatic N) is 3. The van der Waals surface area contributed by atoms with Crippen LogP contribution in [0.1, 0.15) is 17.7 Å². The van der Waals surface area contributed by atoms with Gasteiger partial charge < -0.3 is 10.2 Å². The molecule has 6 heteroatoms. The van der Waals surface area contributed by atoms with E-state index in [1.165, 1.54) is 0 Å². The summed E-state index contributed by atoms with van der Waals surface area (Å²) >= 11 is 6.14. The molecule has 2 rings (SSSR count). The number of aryl methyl sites for hydroxylation is 2. The zero-order valence-corrected chi connectivity index (χ0v) is 12.9. The maximum Gasteiger partial charge on any atom is 0.246 e. The predicted octanol–water partition coefficient (Wildman–Crippen LogP) is 1.46. The van der Waals surface area contributed by atoms with Crippen molar-refractivity contribution in [2.75, 3.05) is 26.7 Å². The Bertz CT molecular complexity index is 523. The highest BCUT2D eigenvalue weighted by atomic mass is 35.5. The van der Waals surface area contributed by atoms with Crippen LogP contribution in [0, 0.1) is 12.8 Å². The van der Waals surface area contributed by atoms with Gasteiger partial charge in [0.25, 0.3) is 0 Å². The first kappa shape index (κ1) is 15.1. The van der Waals surface area contributed by atoms with Crippen LogP contribution in [-0.2, 0) is 11.8 Å². The molecule has 1 N–H and O–H groups in total. The highest BCUT2D eigenvalue weighted by Gasteiger charge is 2.24.